The van der Waals surface area contributed by atoms with Crippen molar-refractivity contribution in [3.8, 4) is 0 Å². The Hall–Kier alpha value is -2.39. The number of amides is 2. The van der Waals surface area contributed by atoms with Gasteiger partial charge in [0, 0.05) is 0 Å². The zero-order valence-electron chi connectivity index (χ0n) is 15.5. The SMILES string of the molecule is CCCOC(=O)c1c(NC(=O)Cn2nc(C)c(Cl)c2C)sc(C(N)=O)c1C. The van der Waals surface area contributed by atoms with Crippen LogP contribution in [-0.2, 0) is 16.1 Å². The molecule has 2 rings (SSSR count). The highest BCUT2D eigenvalue weighted by Gasteiger charge is 2.26. The van der Waals surface area contributed by atoms with Crippen LogP contribution in [-0.4, -0.2) is 34.2 Å². The number of esters is 1. The number of ether oxygens (including phenoxy) is 1. The van der Waals surface area contributed by atoms with Crippen molar-refractivity contribution < 1.29 is 19.1 Å². The Balaban J connectivity index is 2.29. The van der Waals surface area contributed by atoms with Crippen molar-refractivity contribution in [3.05, 3.63) is 32.4 Å². The lowest BCUT2D eigenvalue weighted by Crippen LogP contribution is -2.21. The first kappa shape index (κ1) is 20.9. The third kappa shape index (κ3) is 4.48. The molecule has 0 aliphatic rings. The van der Waals surface area contributed by atoms with Gasteiger partial charge in [0.2, 0.25) is 5.91 Å². The molecule has 10 heteroatoms. The molecule has 3 N–H and O–H groups in total. The van der Waals surface area contributed by atoms with Gasteiger partial charge in [-0.2, -0.15) is 5.10 Å². The minimum Gasteiger partial charge on any atom is -0.462 e. The largest absolute Gasteiger partial charge is 0.462 e. The van der Waals surface area contributed by atoms with Gasteiger partial charge in [0.25, 0.3) is 5.91 Å². The first-order valence-corrected chi connectivity index (χ1v) is 9.46. The van der Waals surface area contributed by atoms with Crippen LogP contribution in [0.25, 0.3) is 0 Å². The van der Waals surface area contributed by atoms with Crippen LogP contribution < -0.4 is 11.1 Å². The van der Waals surface area contributed by atoms with E-state index in [1.165, 1.54) is 4.68 Å². The van der Waals surface area contributed by atoms with Gasteiger partial charge in [-0.3, -0.25) is 14.3 Å². The Morgan fingerprint density at radius 2 is 1.96 bits per heavy atom. The lowest BCUT2D eigenvalue weighted by Gasteiger charge is -2.08. The lowest BCUT2D eigenvalue weighted by atomic mass is 10.1. The van der Waals surface area contributed by atoms with Crippen molar-refractivity contribution in [2.75, 3.05) is 11.9 Å². The summed E-state index contributed by atoms with van der Waals surface area (Å²) in [5.74, 6) is -1.70. The highest BCUT2D eigenvalue weighted by atomic mass is 35.5. The number of anilines is 1. The fourth-order valence-electron chi connectivity index (χ4n) is 2.48. The summed E-state index contributed by atoms with van der Waals surface area (Å²) in [6, 6.07) is 0. The van der Waals surface area contributed by atoms with Crippen LogP contribution in [0.5, 0.6) is 0 Å². The van der Waals surface area contributed by atoms with Crippen LogP contribution in [0.2, 0.25) is 5.02 Å². The summed E-state index contributed by atoms with van der Waals surface area (Å²) >= 11 is 7.04. The van der Waals surface area contributed by atoms with Gasteiger partial charge in [-0.25, -0.2) is 4.79 Å². The van der Waals surface area contributed by atoms with Crippen molar-refractivity contribution in [1.82, 2.24) is 9.78 Å². The van der Waals surface area contributed by atoms with Gasteiger partial charge in [-0.15, -0.1) is 11.3 Å². The van der Waals surface area contributed by atoms with Gasteiger partial charge in [-0.1, -0.05) is 18.5 Å². The molecule has 0 bridgehead atoms. The number of aryl methyl sites for hydroxylation is 1. The quantitative estimate of drug-likeness (QED) is 0.678. The Kier molecular flexibility index (Phi) is 6.61. The summed E-state index contributed by atoms with van der Waals surface area (Å²) in [4.78, 5) is 36.6. The van der Waals surface area contributed by atoms with Crippen LogP contribution in [0.3, 0.4) is 0 Å². The molecular formula is C17H21ClN4O4S. The number of carbonyl (C=O) groups is 3. The topological polar surface area (TPSA) is 116 Å². The minimum absolute atomic E-state index is 0.0916. The third-order valence-corrected chi connectivity index (χ3v) is 5.62. The Labute approximate surface area is 165 Å². The maximum Gasteiger partial charge on any atom is 0.341 e. The number of thiophene rings is 1. The smallest absolute Gasteiger partial charge is 0.341 e. The molecule has 2 amide bonds. The number of hydrogen-bond donors (Lipinski definition) is 2. The number of halogens is 1. The van der Waals surface area contributed by atoms with Crippen molar-refractivity contribution in [3.63, 3.8) is 0 Å². The van der Waals surface area contributed by atoms with Crippen molar-refractivity contribution in [2.24, 2.45) is 5.73 Å². The molecule has 0 fully saturated rings. The predicted molar refractivity (Wildman–Crippen MR) is 103 cm³/mol. The summed E-state index contributed by atoms with van der Waals surface area (Å²) in [7, 11) is 0. The zero-order valence-corrected chi connectivity index (χ0v) is 17.1. The Morgan fingerprint density at radius 3 is 2.48 bits per heavy atom. The van der Waals surface area contributed by atoms with E-state index in [0.717, 1.165) is 11.3 Å². The average molecular weight is 413 g/mol. The molecule has 0 aliphatic carbocycles. The van der Waals surface area contributed by atoms with Crippen LogP contribution in [0.1, 0.15) is 50.3 Å². The number of nitrogens with one attached hydrogen (secondary N) is 1. The van der Waals surface area contributed by atoms with Gasteiger partial charge in [0.15, 0.2) is 0 Å². The highest BCUT2D eigenvalue weighted by Crippen LogP contribution is 2.33. The molecular weight excluding hydrogens is 392 g/mol. The third-order valence-electron chi connectivity index (χ3n) is 3.85. The molecule has 8 nitrogen and oxygen atoms in total. The van der Waals surface area contributed by atoms with Crippen LogP contribution in [0.4, 0.5) is 5.00 Å². The van der Waals surface area contributed by atoms with Crippen LogP contribution in [0.15, 0.2) is 0 Å². The molecule has 27 heavy (non-hydrogen) atoms. The number of hydrogen-bond acceptors (Lipinski definition) is 6. The van der Waals surface area contributed by atoms with Crippen LogP contribution >= 0.6 is 22.9 Å². The standard InChI is InChI=1S/C17H21ClN4O4S/c1-5-6-26-17(25)12-8(2)14(15(19)24)27-16(12)20-11(23)7-22-10(4)13(18)9(3)21-22/h5-7H2,1-4H3,(H2,19,24)(H,20,23). The molecule has 0 saturated heterocycles. The summed E-state index contributed by atoms with van der Waals surface area (Å²) in [5, 5.41) is 7.57. The fourth-order valence-corrected chi connectivity index (χ4v) is 3.68. The number of primary amides is 1. The van der Waals surface area contributed by atoms with Gasteiger partial charge in [0.05, 0.1) is 33.5 Å². The van der Waals surface area contributed by atoms with Crippen molar-refractivity contribution >= 4 is 45.7 Å². The second-order valence-corrected chi connectivity index (χ2v) is 7.35. The second-order valence-electron chi connectivity index (χ2n) is 5.95. The second kappa shape index (κ2) is 8.53. The molecule has 2 aromatic heterocycles. The normalized spacial score (nSPS) is 10.7. The molecule has 2 heterocycles. The van der Waals surface area contributed by atoms with E-state index < -0.39 is 17.8 Å². The van der Waals surface area contributed by atoms with Crippen molar-refractivity contribution in [1.29, 1.82) is 0 Å². The summed E-state index contributed by atoms with van der Waals surface area (Å²) in [5.41, 5.74) is 7.18. The van der Waals surface area contributed by atoms with E-state index in [-0.39, 0.29) is 28.6 Å². The van der Waals surface area contributed by atoms with E-state index in [0.29, 0.717) is 28.4 Å². The molecule has 0 atom stereocenters. The van der Waals surface area contributed by atoms with Gasteiger partial charge < -0.3 is 15.8 Å². The lowest BCUT2D eigenvalue weighted by molar-refractivity contribution is -0.116. The van der Waals surface area contributed by atoms with Gasteiger partial charge >= 0.3 is 5.97 Å². The van der Waals surface area contributed by atoms with Gasteiger partial charge in [-0.05, 0) is 32.8 Å². The van der Waals surface area contributed by atoms with E-state index in [1.54, 1.807) is 20.8 Å². The summed E-state index contributed by atoms with van der Waals surface area (Å²) in [6.45, 7) is 7.10. The molecule has 0 radical (unpaired) electrons. The van der Waals surface area contributed by atoms with Crippen molar-refractivity contribution in [2.45, 2.75) is 40.7 Å². The molecule has 0 unspecified atom stereocenters. The zero-order chi connectivity index (χ0) is 20.3. The first-order chi connectivity index (χ1) is 12.7. The Morgan fingerprint density at radius 1 is 1.30 bits per heavy atom. The average Bonchev–Trinajstić information content (AvgIpc) is 3.04. The monoisotopic (exact) mass is 412 g/mol. The minimum atomic E-state index is -0.673. The van der Waals surface area contributed by atoms with E-state index >= 15 is 0 Å². The molecule has 0 aliphatic heterocycles. The number of nitrogens with two attached hydrogens (primary N) is 1. The summed E-state index contributed by atoms with van der Waals surface area (Å²) in [6.07, 6.45) is 0.651. The number of carbonyl (C=O) groups excluding carboxylic acids is 3. The maximum atomic E-state index is 12.5. The fraction of sp³-hybridized carbons (Fsp3) is 0.412. The molecule has 146 valence electrons. The molecule has 0 spiro atoms. The maximum absolute atomic E-state index is 12.5. The van der Waals surface area contributed by atoms with E-state index in [4.69, 9.17) is 22.1 Å². The summed E-state index contributed by atoms with van der Waals surface area (Å²) < 4.78 is 6.63. The highest BCUT2D eigenvalue weighted by molar-refractivity contribution is 7.18. The van der Waals surface area contributed by atoms with E-state index in [1.807, 2.05) is 6.92 Å². The number of rotatable bonds is 7. The Bertz CT molecular complexity index is 903. The van der Waals surface area contributed by atoms with Crippen LogP contribution in [0, 0.1) is 20.8 Å². The molecule has 2 aromatic rings. The number of nitrogens with zero attached hydrogens (tertiary/aromatic N) is 2. The van der Waals surface area contributed by atoms with E-state index in [2.05, 4.69) is 10.4 Å². The number of aromatic nitrogens is 2. The molecule has 0 saturated carbocycles. The molecule has 0 aromatic carbocycles. The van der Waals surface area contributed by atoms with E-state index in [9.17, 15) is 14.4 Å². The van der Waals surface area contributed by atoms with Gasteiger partial charge in [0.1, 0.15) is 11.5 Å². The first-order valence-electron chi connectivity index (χ1n) is 8.27. The predicted octanol–water partition coefficient (Wildman–Crippen LogP) is 2.83.